The van der Waals surface area contributed by atoms with Gasteiger partial charge in [0.2, 0.25) is 12.7 Å². The van der Waals surface area contributed by atoms with E-state index in [-0.39, 0.29) is 18.1 Å². The standard InChI is InChI=1S/C22H16ClNO4S/c23-15-2-6-17(7-3-15)28-18-8-4-16(5-9-18)24-21(25)12-29-22(24)14-1-10-19-20(11-14)27-13-26-19/h1-11,22H,12-13H2. The van der Waals surface area contributed by atoms with Crippen LogP contribution in [-0.4, -0.2) is 18.5 Å². The van der Waals surface area contributed by atoms with E-state index in [1.54, 1.807) is 23.9 Å². The molecule has 0 bridgehead atoms. The lowest BCUT2D eigenvalue weighted by Gasteiger charge is -2.24. The van der Waals surface area contributed by atoms with E-state index in [9.17, 15) is 4.79 Å². The molecular formula is C22H16ClNO4S. The van der Waals surface area contributed by atoms with Crippen LogP contribution in [0.1, 0.15) is 10.9 Å². The van der Waals surface area contributed by atoms with Crippen molar-refractivity contribution in [1.29, 1.82) is 0 Å². The molecule has 0 aromatic heterocycles. The summed E-state index contributed by atoms with van der Waals surface area (Å²) in [4.78, 5) is 14.4. The Morgan fingerprint density at radius 2 is 1.62 bits per heavy atom. The van der Waals surface area contributed by atoms with Gasteiger partial charge in [-0.25, -0.2) is 0 Å². The maximum Gasteiger partial charge on any atom is 0.238 e. The van der Waals surface area contributed by atoms with Gasteiger partial charge in [-0.05, 0) is 66.2 Å². The average Bonchev–Trinajstić information content (AvgIpc) is 3.36. The third-order valence-corrected chi connectivity index (χ3v) is 6.18. The highest BCUT2D eigenvalue weighted by molar-refractivity contribution is 8.00. The SMILES string of the molecule is O=C1CSC(c2ccc3c(c2)OCO3)N1c1ccc(Oc2ccc(Cl)cc2)cc1. The lowest BCUT2D eigenvalue weighted by atomic mass is 10.1. The van der Waals surface area contributed by atoms with Gasteiger partial charge in [0.25, 0.3) is 0 Å². The van der Waals surface area contributed by atoms with E-state index >= 15 is 0 Å². The van der Waals surface area contributed by atoms with Crippen LogP contribution in [0.15, 0.2) is 66.7 Å². The first kappa shape index (κ1) is 18.2. The zero-order valence-electron chi connectivity index (χ0n) is 15.2. The van der Waals surface area contributed by atoms with E-state index in [1.807, 2.05) is 59.5 Å². The second-order valence-corrected chi connectivity index (χ2v) is 8.09. The zero-order chi connectivity index (χ0) is 19.8. The van der Waals surface area contributed by atoms with Gasteiger partial charge in [0.1, 0.15) is 16.9 Å². The van der Waals surface area contributed by atoms with Crippen molar-refractivity contribution in [3.63, 3.8) is 0 Å². The molecule has 1 amide bonds. The van der Waals surface area contributed by atoms with Crippen LogP contribution in [0.4, 0.5) is 5.69 Å². The molecule has 29 heavy (non-hydrogen) atoms. The van der Waals surface area contributed by atoms with E-state index in [1.165, 1.54) is 0 Å². The minimum absolute atomic E-state index is 0.0732. The van der Waals surface area contributed by atoms with Gasteiger partial charge in [0, 0.05) is 10.7 Å². The van der Waals surface area contributed by atoms with Crippen LogP contribution in [-0.2, 0) is 4.79 Å². The molecule has 3 aromatic rings. The molecule has 2 aliphatic heterocycles. The summed E-state index contributed by atoms with van der Waals surface area (Å²) in [6, 6.07) is 20.5. The molecule has 146 valence electrons. The predicted octanol–water partition coefficient (Wildman–Crippen LogP) is 5.64. The topological polar surface area (TPSA) is 48.0 Å². The van der Waals surface area contributed by atoms with Crippen LogP contribution in [0.25, 0.3) is 0 Å². The van der Waals surface area contributed by atoms with Crippen molar-refractivity contribution in [2.75, 3.05) is 17.4 Å². The first-order valence-corrected chi connectivity index (χ1v) is 10.5. The quantitative estimate of drug-likeness (QED) is 0.541. The van der Waals surface area contributed by atoms with E-state index in [0.29, 0.717) is 28.0 Å². The number of amides is 1. The molecule has 1 saturated heterocycles. The molecule has 3 aromatic carbocycles. The van der Waals surface area contributed by atoms with Crippen molar-refractivity contribution < 1.29 is 19.0 Å². The number of anilines is 1. The minimum atomic E-state index is -0.111. The Bertz CT molecular complexity index is 1060. The van der Waals surface area contributed by atoms with Crippen molar-refractivity contribution in [2.24, 2.45) is 0 Å². The molecule has 5 nitrogen and oxygen atoms in total. The molecule has 2 aliphatic rings. The molecular weight excluding hydrogens is 410 g/mol. The van der Waals surface area contributed by atoms with Crippen molar-refractivity contribution in [1.82, 2.24) is 0 Å². The number of carbonyl (C=O) groups excluding carboxylic acids is 1. The van der Waals surface area contributed by atoms with Gasteiger partial charge in [0.05, 0.1) is 5.75 Å². The lowest BCUT2D eigenvalue weighted by Crippen LogP contribution is -2.27. The molecule has 1 unspecified atom stereocenters. The molecule has 1 atom stereocenters. The molecule has 1 fully saturated rings. The fraction of sp³-hybridized carbons (Fsp3) is 0.136. The van der Waals surface area contributed by atoms with E-state index in [0.717, 1.165) is 17.0 Å². The Kier molecular flexibility index (Phi) is 4.73. The number of carbonyl (C=O) groups is 1. The average molecular weight is 426 g/mol. The number of ether oxygens (including phenoxy) is 3. The normalized spacial score (nSPS) is 17.6. The fourth-order valence-electron chi connectivity index (χ4n) is 3.33. The third-order valence-electron chi connectivity index (χ3n) is 4.71. The molecule has 0 N–H and O–H groups in total. The number of thioether (sulfide) groups is 1. The van der Waals surface area contributed by atoms with E-state index in [2.05, 4.69) is 0 Å². The smallest absolute Gasteiger partial charge is 0.238 e. The largest absolute Gasteiger partial charge is 0.457 e. The number of rotatable bonds is 4. The van der Waals surface area contributed by atoms with Crippen LogP contribution in [0.2, 0.25) is 5.02 Å². The number of hydrogen-bond donors (Lipinski definition) is 0. The molecule has 5 rings (SSSR count). The van der Waals surface area contributed by atoms with Gasteiger partial charge in [0.15, 0.2) is 11.5 Å². The van der Waals surface area contributed by atoms with E-state index < -0.39 is 0 Å². The summed E-state index contributed by atoms with van der Waals surface area (Å²) in [5.41, 5.74) is 1.83. The first-order valence-electron chi connectivity index (χ1n) is 9.04. The molecule has 2 heterocycles. The molecule has 0 aliphatic carbocycles. The van der Waals surface area contributed by atoms with Gasteiger partial charge in [-0.3, -0.25) is 9.69 Å². The number of benzene rings is 3. The van der Waals surface area contributed by atoms with Crippen molar-refractivity contribution in [3.05, 3.63) is 77.3 Å². The molecule has 7 heteroatoms. The van der Waals surface area contributed by atoms with Gasteiger partial charge >= 0.3 is 0 Å². The second-order valence-electron chi connectivity index (χ2n) is 6.59. The summed E-state index contributed by atoms with van der Waals surface area (Å²) < 4.78 is 16.7. The summed E-state index contributed by atoms with van der Waals surface area (Å²) in [5.74, 6) is 3.35. The highest BCUT2D eigenvalue weighted by atomic mass is 35.5. The fourth-order valence-corrected chi connectivity index (χ4v) is 4.62. The van der Waals surface area contributed by atoms with Crippen molar-refractivity contribution >= 4 is 35.0 Å². The number of hydrogen-bond acceptors (Lipinski definition) is 5. The first-order chi connectivity index (χ1) is 14.2. The third kappa shape index (κ3) is 3.61. The van der Waals surface area contributed by atoms with Crippen molar-refractivity contribution in [2.45, 2.75) is 5.37 Å². The van der Waals surface area contributed by atoms with E-state index in [4.69, 9.17) is 25.8 Å². The zero-order valence-corrected chi connectivity index (χ0v) is 16.8. The van der Waals surface area contributed by atoms with Crippen LogP contribution in [0.3, 0.4) is 0 Å². The van der Waals surface area contributed by atoms with Crippen LogP contribution in [0, 0.1) is 0 Å². The summed E-state index contributed by atoms with van der Waals surface area (Å²) in [5, 5.41) is 0.548. The second kappa shape index (κ2) is 7.54. The summed E-state index contributed by atoms with van der Waals surface area (Å²) >= 11 is 7.50. The number of fused-ring (bicyclic) bond motifs is 1. The number of nitrogens with zero attached hydrogens (tertiary/aromatic N) is 1. The van der Waals surface area contributed by atoms with Crippen LogP contribution in [0.5, 0.6) is 23.0 Å². The Morgan fingerprint density at radius 3 is 2.38 bits per heavy atom. The summed E-state index contributed by atoms with van der Waals surface area (Å²) in [6.07, 6.45) is 0. The Labute approximate surface area is 177 Å². The van der Waals surface area contributed by atoms with Gasteiger partial charge in [-0.1, -0.05) is 17.7 Å². The van der Waals surface area contributed by atoms with Gasteiger partial charge < -0.3 is 14.2 Å². The Hall–Kier alpha value is -2.83. The molecule has 0 saturated carbocycles. The van der Waals surface area contributed by atoms with Crippen molar-refractivity contribution in [3.8, 4) is 23.0 Å². The Balaban J connectivity index is 1.38. The minimum Gasteiger partial charge on any atom is -0.457 e. The molecule has 0 radical (unpaired) electrons. The van der Waals surface area contributed by atoms with Crippen LogP contribution < -0.4 is 19.1 Å². The summed E-state index contributed by atoms with van der Waals surface area (Å²) in [6.45, 7) is 0.230. The van der Waals surface area contributed by atoms with Crippen LogP contribution >= 0.6 is 23.4 Å². The maximum absolute atomic E-state index is 12.6. The van der Waals surface area contributed by atoms with Gasteiger partial charge in [-0.15, -0.1) is 11.8 Å². The predicted molar refractivity (Wildman–Crippen MR) is 113 cm³/mol. The highest BCUT2D eigenvalue weighted by Gasteiger charge is 2.34. The highest BCUT2D eigenvalue weighted by Crippen LogP contribution is 2.45. The lowest BCUT2D eigenvalue weighted by molar-refractivity contribution is -0.115. The number of halogens is 1. The van der Waals surface area contributed by atoms with Gasteiger partial charge in [-0.2, -0.15) is 0 Å². The summed E-state index contributed by atoms with van der Waals surface area (Å²) in [7, 11) is 0. The molecule has 0 spiro atoms. The maximum atomic E-state index is 12.6. The Morgan fingerprint density at radius 1 is 0.931 bits per heavy atom. The monoisotopic (exact) mass is 425 g/mol.